The largest absolute Gasteiger partial charge is 0.494 e. The number of nitro groups is 1. The van der Waals surface area contributed by atoms with E-state index in [-0.39, 0.29) is 22.9 Å². The third kappa shape index (κ3) is 2.92. The summed E-state index contributed by atoms with van der Waals surface area (Å²) in [6.45, 7) is 5.22. The maximum atomic E-state index is 13.7. The number of nitro benzene ring substituents is 1. The third-order valence-corrected chi connectivity index (χ3v) is 4.10. The number of hydrogen-bond donors (Lipinski definition) is 1. The number of hydrogen-bond acceptors (Lipinski definition) is 5. The highest BCUT2D eigenvalue weighted by molar-refractivity contribution is 5.66. The molecule has 1 heterocycles. The van der Waals surface area contributed by atoms with Gasteiger partial charge in [0.25, 0.3) is 5.69 Å². The number of nitrogens with two attached hydrogens (primary N) is 1. The van der Waals surface area contributed by atoms with E-state index >= 15 is 0 Å². The molecule has 7 heteroatoms. The molecular weight excluding hydrogens is 277 g/mol. The summed E-state index contributed by atoms with van der Waals surface area (Å²) in [4.78, 5) is 12.5. The molecule has 6 nitrogen and oxygen atoms in total. The van der Waals surface area contributed by atoms with Crippen molar-refractivity contribution in [2.75, 3.05) is 25.1 Å². The molecule has 0 saturated carbocycles. The van der Waals surface area contributed by atoms with Crippen molar-refractivity contribution in [1.29, 1.82) is 0 Å². The first-order valence-corrected chi connectivity index (χ1v) is 6.78. The van der Waals surface area contributed by atoms with Gasteiger partial charge in [0, 0.05) is 25.2 Å². The Morgan fingerprint density at radius 2 is 2.19 bits per heavy atom. The van der Waals surface area contributed by atoms with Crippen molar-refractivity contribution in [2.24, 2.45) is 11.1 Å². The Morgan fingerprint density at radius 3 is 2.71 bits per heavy atom. The van der Waals surface area contributed by atoms with Crippen LogP contribution in [0.2, 0.25) is 0 Å². The molecule has 1 atom stereocenters. The summed E-state index contributed by atoms with van der Waals surface area (Å²) in [5, 5.41) is 11.2. The van der Waals surface area contributed by atoms with Crippen LogP contribution in [0.1, 0.15) is 20.3 Å². The van der Waals surface area contributed by atoms with Crippen LogP contribution >= 0.6 is 0 Å². The van der Waals surface area contributed by atoms with Crippen LogP contribution < -0.4 is 15.4 Å². The Bertz CT molecular complexity index is 563. The second-order valence-corrected chi connectivity index (χ2v) is 6.04. The first-order valence-electron chi connectivity index (χ1n) is 6.78. The number of benzene rings is 1. The summed E-state index contributed by atoms with van der Waals surface area (Å²) < 4.78 is 18.6. The maximum absolute atomic E-state index is 13.7. The van der Waals surface area contributed by atoms with Gasteiger partial charge in [-0.2, -0.15) is 0 Å². The highest BCUT2D eigenvalue weighted by atomic mass is 19.1. The molecule has 1 unspecified atom stereocenters. The Balaban J connectivity index is 2.45. The second-order valence-electron chi connectivity index (χ2n) is 6.04. The van der Waals surface area contributed by atoms with E-state index < -0.39 is 10.7 Å². The fraction of sp³-hybridized carbons (Fsp3) is 0.571. The van der Waals surface area contributed by atoms with E-state index in [2.05, 4.69) is 0 Å². The van der Waals surface area contributed by atoms with Crippen molar-refractivity contribution >= 4 is 11.4 Å². The Morgan fingerprint density at radius 1 is 1.52 bits per heavy atom. The molecular formula is C14H20FN3O3. The number of piperidine rings is 1. The molecule has 21 heavy (non-hydrogen) atoms. The summed E-state index contributed by atoms with van der Waals surface area (Å²) in [5.74, 6) is -0.732. The summed E-state index contributed by atoms with van der Waals surface area (Å²) >= 11 is 0. The second kappa shape index (κ2) is 5.48. The lowest BCUT2D eigenvalue weighted by Crippen LogP contribution is -2.52. The lowest BCUT2D eigenvalue weighted by molar-refractivity contribution is -0.384. The van der Waals surface area contributed by atoms with Gasteiger partial charge in [0.1, 0.15) is 5.69 Å². The number of anilines is 1. The normalized spacial score (nSPS) is 21.2. The first kappa shape index (κ1) is 15.5. The first-order chi connectivity index (χ1) is 9.76. The molecule has 1 saturated heterocycles. The SMILES string of the molecule is COc1cc(N2CCC(N)C(C)(C)C2)c([N+](=O)[O-])cc1F. The van der Waals surface area contributed by atoms with Gasteiger partial charge in [-0.25, -0.2) is 4.39 Å². The van der Waals surface area contributed by atoms with E-state index in [0.29, 0.717) is 18.8 Å². The Hall–Kier alpha value is -1.89. The molecule has 2 rings (SSSR count). The van der Waals surface area contributed by atoms with E-state index in [0.717, 1.165) is 12.5 Å². The van der Waals surface area contributed by atoms with Crippen LogP contribution in [0, 0.1) is 21.3 Å². The van der Waals surface area contributed by atoms with Crippen LogP contribution in [-0.2, 0) is 0 Å². The predicted octanol–water partition coefficient (Wildman–Crippen LogP) is 2.31. The minimum atomic E-state index is -0.735. The molecule has 0 spiro atoms. The summed E-state index contributed by atoms with van der Waals surface area (Å²) in [6, 6.07) is 2.34. The fourth-order valence-electron chi connectivity index (χ4n) is 2.67. The monoisotopic (exact) mass is 297 g/mol. The van der Waals surface area contributed by atoms with Gasteiger partial charge in [-0.15, -0.1) is 0 Å². The standard InChI is InChI=1S/C14H20FN3O3/c1-14(2)8-17(5-4-13(14)16)10-7-12(21-3)9(15)6-11(10)18(19)20/h6-7,13H,4-5,8,16H2,1-3H3. The van der Waals surface area contributed by atoms with Gasteiger partial charge < -0.3 is 15.4 Å². The third-order valence-electron chi connectivity index (χ3n) is 4.10. The molecule has 0 aromatic heterocycles. The maximum Gasteiger partial charge on any atom is 0.295 e. The van der Waals surface area contributed by atoms with Gasteiger partial charge in [0.05, 0.1) is 18.1 Å². The van der Waals surface area contributed by atoms with Crippen molar-refractivity contribution in [3.05, 3.63) is 28.1 Å². The van der Waals surface area contributed by atoms with Gasteiger partial charge in [-0.1, -0.05) is 13.8 Å². The zero-order valence-electron chi connectivity index (χ0n) is 12.4. The van der Waals surface area contributed by atoms with E-state index in [1.807, 2.05) is 18.7 Å². The molecule has 1 fully saturated rings. The number of nitrogens with zero attached hydrogens (tertiary/aromatic N) is 2. The van der Waals surface area contributed by atoms with Crippen LogP contribution in [0.25, 0.3) is 0 Å². The average molecular weight is 297 g/mol. The van der Waals surface area contributed by atoms with E-state index in [4.69, 9.17) is 10.5 Å². The number of halogens is 1. The van der Waals surface area contributed by atoms with Crippen molar-refractivity contribution in [3.8, 4) is 5.75 Å². The minimum Gasteiger partial charge on any atom is -0.494 e. The predicted molar refractivity (Wildman–Crippen MR) is 78.2 cm³/mol. The molecule has 0 aliphatic carbocycles. The topological polar surface area (TPSA) is 81.6 Å². The molecule has 1 aliphatic rings. The molecule has 116 valence electrons. The van der Waals surface area contributed by atoms with Crippen LogP contribution in [0.3, 0.4) is 0 Å². The minimum absolute atomic E-state index is 0.00304. The molecule has 1 aromatic carbocycles. The highest BCUT2D eigenvalue weighted by Crippen LogP contribution is 2.38. The molecule has 0 radical (unpaired) electrons. The summed E-state index contributed by atoms with van der Waals surface area (Å²) in [7, 11) is 1.34. The lowest BCUT2D eigenvalue weighted by atomic mass is 9.79. The van der Waals surface area contributed by atoms with Crippen LogP contribution in [0.4, 0.5) is 15.8 Å². The van der Waals surface area contributed by atoms with Gasteiger partial charge in [0.2, 0.25) is 0 Å². The highest BCUT2D eigenvalue weighted by Gasteiger charge is 2.36. The van der Waals surface area contributed by atoms with Crippen molar-refractivity contribution in [3.63, 3.8) is 0 Å². The van der Waals surface area contributed by atoms with E-state index in [1.165, 1.54) is 13.2 Å². The van der Waals surface area contributed by atoms with Gasteiger partial charge in [-0.3, -0.25) is 10.1 Å². The average Bonchev–Trinajstić information content (AvgIpc) is 2.41. The molecule has 2 N–H and O–H groups in total. The van der Waals surface area contributed by atoms with Crippen molar-refractivity contribution < 1.29 is 14.1 Å². The van der Waals surface area contributed by atoms with Crippen molar-refractivity contribution in [1.82, 2.24) is 0 Å². The van der Waals surface area contributed by atoms with Gasteiger partial charge >= 0.3 is 0 Å². The number of rotatable bonds is 3. The fourth-order valence-corrected chi connectivity index (χ4v) is 2.67. The molecule has 1 aliphatic heterocycles. The smallest absolute Gasteiger partial charge is 0.295 e. The van der Waals surface area contributed by atoms with Crippen LogP contribution in [-0.4, -0.2) is 31.2 Å². The Labute approximate surface area is 122 Å². The zero-order valence-corrected chi connectivity index (χ0v) is 12.4. The van der Waals surface area contributed by atoms with Gasteiger partial charge in [-0.05, 0) is 11.8 Å². The number of ether oxygens (including phenoxy) is 1. The lowest BCUT2D eigenvalue weighted by Gasteiger charge is -2.43. The van der Waals surface area contributed by atoms with Crippen LogP contribution in [0.5, 0.6) is 5.75 Å². The molecule has 0 amide bonds. The number of methoxy groups -OCH3 is 1. The molecule has 1 aromatic rings. The van der Waals surface area contributed by atoms with Crippen LogP contribution in [0.15, 0.2) is 12.1 Å². The van der Waals surface area contributed by atoms with E-state index in [9.17, 15) is 14.5 Å². The van der Waals surface area contributed by atoms with Gasteiger partial charge in [0.15, 0.2) is 11.6 Å². The molecule has 0 bridgehead atoms. The summed E-state index contributed by atoms with van der Waals surface area (Å²) in [6.07, 6.45) is 0.726. The summed E-state index contributed by atoms with van der Waals surface area (Å²) in [5.41, 5.74) is 6.04. The van der Waals surface area contributed by atoms with Crippen molar-refractivity contribution in [2.45, 2.75) is 26.3 Å². The van der Waals surface area contributed by atoms with E-state index in [1.54, 1.807) is 0 Å². The Kier molecular flexibility index (Phi) is 4.04. The zero-order chi connectivity index (χ0) is 15.8. The quantitative estimate of drug-likeness (QED) is 0.684.